The fraction of sp³-hybridized carbons (Fsp3) is 0.875. The van der Waals surface area contributed by atoms with Gasteiger partial charge in [-0.3, -0.25) is 9.59 Å². The number of carboxylic acids is 1. The van der Waals surface area contributed by atoms with E-state index in [1.807, 2.05) is 14.1 Å². The van der Waals surface area contributed by atoms with Crippen LogP contribution in [0.3, 0.4) is 0 Å². The third-order valence-corrected chi connectivity index (χ3v) is 4.22. The van der Waals surface area contributed by atoms with Gasteiger partial charge in [0.2, 0.25) is 5.91 Å². The lowest BCUT2D eigenvalue weighted by molar-refractivity contribution is -0.151. The van der Waals surface area contributed by atoms with Gasteiger partial charge in [0.05, 0.1) is 5.41 Å². The van der Waals surface area contributed by atoms with Crippen molar-refractivity contribution in [2.24, 2.45) is 11.3 Å². The normalized spacial score (nSPS) is 19.0. The first kappa shape index (κ1) is 18.0. The lowest BCUT2D eigenvalue weighted by Gasteiger charge is -2.27. The zero-order chi connectivity index (χ0) is 16.0. The molecule has 1 rings (SSSR count). The summed E-state index contributed by atoms with van der Waals surface area (Å²) in [7, 11) is 3.96. The molecule has 0 aromatic heterocycles. The number of carbonyl (C=O) groups is 2. The summed E-state index contributed by atoms with van der Waals surface area (Å²) in [6.07, 6.45) is 4.09. The molecule has 1 amide bonds. The van der Waals surface area contributed by atoms with Crippen LogP contribution in [0.4, 0.5) is 0 Å². The molecule has 1 unspecified atom stereocenters. The monoisotopic (exact) mass is 298 g/mol. The molecule has 1 aliphatic carbocycles. The molecule has 0 spiro atoms. The van der Waals surface area contributed by atoms with Crippen LogP contribution < -0.4 is 5.32 Å². The zero-order valence-corrected chi connectivity index (χ0v) is 13.8. The van der Waals surface area contributed by atoms with E-state index in [-0.39, 0.29) is 18.4 Å². The summed E-state index contributed by atoms with van der Waals surface area (Å²) < 4.78 is 0. The summed E-state index contributed by atoms with van der Waals surface area (Å²) in [5.41, 5.74) is -0.829. The fourth-order valence-electron chi connectivity index (χ4n) is 3.29. The Morgan fingerprint density at radius 3 is 2.24 bits per heavy atom. The molecule has 1 aliphatic rings. The molecule has 0 aromatic rings. The van der Waals surface area contributed by atoms with Gasteiger partial charge >= 0.3 is 5.97 Å². The van der Waals surface area contributed by atoms with Crippen molar-refractivity contribution in [3.8, 4) is 0 Å². The highest BCUT2D eigenvalue weighted by Gasteiger charge is 2.43. The lowest BCUT2D eigenvalue weighted by atomic mass is 9.82. The zero-order valence-electron chi connectivity index (χ0n) is 13.8. The fourth-order valence-corrected chi connectivity index (χ4v) is 3.29. The van der Waals surface area contributed by atoms with Gasteiger partial charge in [0.15, 0.2) is 0 Å². The van der Waals surface area contributed by atoms with Gasteiger partial charge in [0.25, 0.3) is 0 Å². The molecule has 5 nitrogen and oxygen atoms in total. The average molecular weight is 298 g/mol. The Kier molecular flexibility index (Phi) is 6.65. The van der Waals surface area contributed by atoms with Crippen LogP contribution in [-0.4, -0.2) is 48.6 Å². The highest BCUT2D eigenvalue weighted by Crippen LogP contribution is 2.41. The molecular formula is C16H30N2O3. The van der Waals surface area contributed by atoms with Gasteiger partial charge < -0.3 is 15.3 Å². The Labute approximate surface area is 128 Å². The molecule has 21 heavy (non-hydrogen) atoms. The molecule has 1 saturated carbocycles. The number of amides is 1. The van der Waals surface area contributed by atoms with Gasteiger partial charge in [-0.05, 0) is 39.3 Å². The third kappa shape index (κ3) is 5.65. The van der Waals surface area contributed by atoms with Gasteiger partial charge in [0.1, 0.15) is 0 Å². The molecule has 0 aromatic carbocycles. The van der Waals surface area contributed by atoms with Crippen LogP contribution in [0.2, 0.25) is 0 Å². The average Bonchev–Trinajstić information content (AvgIpc) is 2.76. The minimum absolute atomic E-state index is 0.0831. The maximum Gasteiger partial charge on any atom is 0.310 e. The Morgan fingerprint density at radius 1 is 1.24 bits per heavy atom. The highest BCUT2D eigenvalue weighted by molar-refractivity contribution is 5.85. The van der Waals surface area contributed by atoms with Crippen molar-refractivity contribution in [3.05, 3.63) is 0 Å². The van der Waals surface area contributed by atoms with E-state index in [1.54, 1.807) is 0 Å². The lowest BCUT2D eigenvalue weighted by Crippen LogP contribution is -2.45. The molecule has 122 valence electrons. The molecule has 1 fully saturated rings. The van der Waals surface area contributed by atoms with E-state index < -0.39 is 11.4 Å². The van der Waals surface area contributed by atoms with Crippen LogP contribution in [0.15, 0.2) is 0 Å². The first-order valence-electron chi connectivity index (χ1n) is 7.92. The predicted molar refractivity (Wildman–Crippen MR) is 83.1 cm³/mol. The first-order valence-corrected chi connectivity index (χ1v) is 7.92. The van der Waals surface area contributed by atoms with Crippen LogP contribution in [-0.2, 0) is 9.59 Å². The van der Waals surface area contributed by atoms with Crippen LogP contribution in [0, 0.1) is 11.3 Å². The number of hydrogen-bond acceptors (Lipinski definition) is 3. The van der Waals surface area contributed by atoms with E-state index in [0.717, 1.165) is 25.8 Å². The van der Waals surface area contributed by atoms with Gasteiger partial charge in [-0.1, -0.05) is 26.7 Å². The standard InChI is InChI=1S/C16H30N2O3/c1-12(2)9-13(11-18(3)4)17-14(19)10-16(15(20)21)7-5-6-8-16/h12-13H,5-11H2,1-4H3,(H,17,19)(H,20,21). The van der Waals surface area contributed by atoms with Crippen LogP contribution in [0.5, 0.6) is 0 Å². The number of likely N-dealkylation sites (N-methyl/N-ethyl adjacent to an activating group) is 1. The number of rotatable bonds is 8. The molecule has 1 atom stereocenters. The summed E-state index contributed by atoms with van der Waals surface area (Å²) in [6, 6.07) is 0.0831. The summed E-state index contributed by atoms with van der Waals surface area (Å²) in [5, 5.41) is 12.5. The second-order valence-electron chi connectivity index (χ2n) is 7.13. The van der Waals surface area contributed by atoms with Gasteiger partial charge in [0, 0.05) is 19.0 Å². The summed E-state index contributed by atoms with van der Waals surface area (Å²) in [4.78, 5) is 25.9. The number of aliphatic carboxylic acids is 1. The summed E-state index contributed by atoms with van der Waals surface area (Å²) >= 11 is 0. The minimum atomic E-state index is -0.829. The van der Waals surface area contributed by atoms with Crippen molar-refractivity contribution in [1.82, 2.24) is 10.2 Å². The second-order valence-corrected chi connectivity index (χ2v) is 7.13. The minimum Gasteiger partial charge on any atom is -0.481 e. The van der Waals surface area contributed by atoms with Gasteiger partial charge in [-0.2, -0.15) is 0 Å². The number of nitrogens with one attached hydrogen (secondary N) is 1. The van der Waals surface area contributed by atoms with Gasteiger partial charge in [-0.25, -0.2) is 0 Å². The maximum atomic E-state index is 12.3. The highest BCUT2D eigenvalue weighted by atomic mass is 16.4. The molecule has 0 bridgehead atoms. The number of nitrogens with zero attached hydrogens (tertiary/aromatic N) is 1. The summed E-state index contributed by atoms with van der Waals surface area (Å²) in [6.45, 7) is 5.04. The van der Waals surface area contributed by atoms with Crippen molar-refractivity contribution in [2.45, 2.75) is 58.4 Å². The molecule has 0 radical (unpaired) electrons. The summed E-state index contributed by atoms with van der Waals surface area (Å²) in [5.74, 6) is -0.440. The van der Waals surface area contributed by atoms with E-state index in [0.29, 0.717) is 18.8 Å². The molecule has 0 saturated heterocycles. The molecule has 0 aliphatic heterocycles. The quantitative estimate of drug-likeness (QED) is 0.720. The first-order chi connectivity index (χ1) is 9.75. The van der Waals surface area contributed by atoms with Crippen molar-refractivity contribution < 1.29 is 14.7 Å². The van der Waals surface area contributed by atoms with Crippen molar-refractivity contribution in [1.29, 1.82) is 0 Å². The number of carboxylic acid groups (broad SMARTS) is 1. The van der Waals surface area contributed by atoms with Crippen molar-refractivity contribution in [2.75, 3.05) is 20.6 Å². The smallest absolute Gasteiger partial charge is 0.310 e. The molecular weight excluding hydrogens is 268 g/mol. The van der Waals surface area contributed by atoms with Crippen molar-refractivity contribution in [3.63, 3.8) is 0 Å². The van der Waals surface area contributed by atoms with Crippen LogP contribution in [0.25, 0.3) is 0 Å². The third-order valence-electron chi connectivity index (χ3n) is 4.22. The van der Waals surface area contributed by atoms with E-state index in [9.17, 15) is 14.7 Å². The Bertz CT molecular complexity index is 351. The van der Waals surface area contributed by atoms with Crippen LogP contribution in [0.1, 0.15) is 52.4 Å². The largest absolute Gasteiger partial charge is 0.481 e. The molecule has 5 heteroatoms. The SMILES string of the molecule is CC(C)CC(CN(C)C)NC(=O)CC1(C(=O)O)CCCC1. The van der Waals surface area contributed by atoms with Gasteiger partial charge in [-0.15, -0.1) is 0 Å². The Hall–Kier alpha value is -1.10. The van der Waals surface area contributed by atoms with E-state index in [4.69, 9.17) is 0 Å². The van der Waals surface area contributed by atoms with E-state index >= 15 is 0 Å². The Morgan fingerprint density at radius 2 is 1.81 bits per heavy atom. The second kappa shape index (κ2) is 7.78. The maximum absolute atomic E-state index is 12.3. The molecule has 2 N–H and O–H groups in total. The van der Waals surface area contributed by atoms with E-state index in [1.165, 1.54) is 0 Å². The predicted octanol–water partition coefficient (Wildman–Crippen LogP) is 2.11. The van der Waals surface area contributed by atoms with Crippen molar-refractivity contribution >= 4 is 11.9 Å². The Balaban J connectivity index is 2.61. The van der Waals surface area contributed by atoms with E-state index in [2.05, 4.69) is 24.1 Å². The molecule has 0 heterocycles. The number of hydrogen-bond donors (Lipinski definition) is 2. The topological polar surface area (TPSA) is 69.6 Å². The van der Waals surface area contributed by atoms with Crippen LogP contribution >= 0.6 is 0 Å². The number of carbonyl (C=O) groups excluding carboxylic acids is 1.